The van der Waals surface area contributed by atoms with E-state index in [2.05, 4.69) is 10.6 Å². The van der Waals surface area contributed by atoms with Crippen LogP contribution in [0.25, 0.3) is 22.5 Å². The summed E-state index contributed by atoms with van der Waals surface area (Å²) in [5.41, 5.74) is 24.3. The third-order valence-corrected chi connectivity index (χ3v) is 5.09. The van der Waals surface area contributed by atoms with E-state index in [0.29, 0.717) is 34.0 Å². The monoisotopic (exact) mass is 452 g/mol. The minimum absolute atomic E-state index is 0.162. The zero-order chi connectivity index (χ0) is 24.1. The van der Waals surface area contributed by atoms with Crippen LogP contribution in [-0.4, -0.2) is 16.7 Å². The fourth-order valence-corrected chi connectivity index (χ4v) is 3.46. The number of hydrogen-bond acceptors (Lipinski definition) is 7. The summed E-state index contributed by atoms with van der Waals surface area (Å²) in [6.07, 6.45) is 0. The van der Waals surface area contributed by atoms with E-state index in [9.17, 15) is 0 Å². The number of ether oxygens (including phenoxy) is 1. The molecule has 0 aliphatic carbocycles. The Balaban J connectivity index is 1.71. The fourth-order valence-electron chi connectivity index (χ4n) is 3.46. The molecule has 0 amide bonds. The first-order chi connectivity index (χ1) is 16.5. The number of amidine groups is 2. The second-order valence-corrected chi connectivity index (χ2v) is 7.38. The van der Waals surface area contributed by atoms with Crippen molar-refractivity contribution >= 4 is 17.4 Å². The lowest BCUT2D eigenvalue weighted by molar-refractivity contribution is 0.483. The van der Waals surface area contributed by atoms with Gasteiger partial charge in [0.15, 0.2) is 5.84 Å². The Kier molecular flexibility index (Phi) is 6.38. The second kappa shape index (κ2) is 9.72. The number of para-hydroxylation sites is 1. The SMILES string of the molecule is N=C(N)c1c(N)cc(-c2ccc(/C(N)=N/NN)cc2)nc1-c1ccc(Oc2ccccc2)cc1. The van der Waals surface area contributed by atoms with Gasteiger partial charge in [-0.3, -0.25) is 5.41 Å². The largest absolute Gasteiger partial charge is 0.457 e. The van der Waals surface area contributed by atoms with Crippen molar-refractivity contribution in [3.63, 3.8) is 0 Å². The van der Waals surface area contributed by atoms with Crippen LogP contribution in [0.4, 0.5) is 5.69 Å². The van der Waals surface area contributed by atoms with Crippen molar-refractivity contribution in [3.05, 3.63) is 96.1 Å². The molecule has 10 N–H and O–H groups in total. The number of nitrogens with two attached hydrogens (primary N) is 4. The van der Waals surface area contributed by atoms with Gasteiger partial charge in [-0.15, -0.1) is 5.10 Å². The Bertz CT molecular complexity index is 1330. The molecule has 0 fully saturated rings. The molecule has 0 radical (unpaired) electrons. The van der Waals surface area contributed by atoms with Gasteiger partial charge in [-0.25, -0.2) is 16.4 Å². The van der Waals surface area contributed by atoms with E-state index in [4.69, 9.17) is 38.2 Å². The number of anilines is 1. The topological polar surface area (TPSA) is 174 Å². The minimum Gasteiger partial charge on any atom is -0.457 e. The van der Waals surface area contributed by atoms with Gasteiger partial charge in [0.2, 0.25) is 0 Å². The summed E-state index contributed by atoms with van der Waals surface area (Å²) in [6.45, 7) is 0. The number of hydrazine groups is 1. The summed E-state index contributed by atoms with van der Waals surface area (Å²) in [6, 6.07) is 25.9. The molecule has 1 aromatic heterocycles. The van der Waals surface area contributed by atoms with Crippen molar-refractivity contribution < 1.29 is 4.74 Å². The van der Waals surface area contributed by atoms with Crippen molar-refractivity contribution in [2.24, 2.45) is 22.4 Å². The molecule has 4 aromatic rings. The maximum absolute atomic E-state index is 8.04. The van der Waals surface area contributed by atoms with E-state index in [0.717, 1.165) is 16.9 Å². The highest BCUT2D eigenvalue weighted by Gasteiger charge is 2.16. The van der Waals surface area contributed by atoms with Gasteiger partial charge in [-0.05, 0) is 42.5 Å². The zero-order valence-corrected chi connectivity index (χ0v) is 18.2. The summed E-state index contributed by atoms with van der Waals surface area (Å²) >= 11 is 0. The lowest BCUT2D eigenvalue weighted by Gasteiger charge is -2.14. The van der Waals surface area contributed by atoms with E-state index >= 15 is 0 Å². The van der Waals surface area contributed by atoms with Gasteiger partial charge in [-0.2, -0.15) is 0 Å². The number of aromatic nitrogens is 1. The Labute approximate surface area is 196 Å². The molecule has 0 atom stereocenters. The number of nitrogen functional groups attached to an aromatic ring is 2. The van der Waals surface area contributed by atoms with Crippen LogP contribution in [0.2, 0.25) is 0 Å². The van der Waals surface area contributed by atoms with Crippen LogP contribution >= 0.6 is 0 Å². The van der Waals surface area contributed by atoms with E-state index in [1.165, 1.54) is 0 Å². The molecule has 0 bridgehead atoms. The molecule has 9 heteroatoms. The third kappa shape index (κ3) is 4.79. The maximum atomic E-state index is 8.04. The molecule has 0 aliphatic heterocycles. The van der Waals surface area contributed by atoms with Crippen molar-refractivity contribution in [3.8, 4) is 34.0 Å². The van der Waals surface area contributed by atoms with E-state index < -0.39 is 0 Å². The van der Waals surface area contributed by atoms with Crippen LogP contribution in [-0.2, 0) is 0 Å². The van der Waals surface area contributed by atoms with Gasteiger partial charge in [0.25, 0.3) is 0 Å². The van der Waals surface area contributed by atoms with Crippen molar-refractivity contribution in [1.29, 1.82) is 5.41 Å². The van der Waals surface area contributed by atoms with Crippen molar-refractivity contribution in [1.82, 2.24) is 10.5 Å². The molecule has 0 saturated heterocycles. The molecular weight excluding hydrogens is 428 g/mol. The molecule has 9 nitrogen and oxygen atoms in total. The number of rotatable bonds is 7. The Morgan fingerprint density at radius 2 is 1.47 bits per heavy atom. The number of nitrogens with one attached hydrogen (secondary N) is 2. The van der Waals surface area contributed by atoms with Gasteiger partial charge in [-0.1, -0.05) is 42.5 Å². The Morgan fingerprint density at radius 3 is 2.09 bits per heavy atom. The average molecular weight is 453 g/mol. The quantitative estimate of drug-likeness (QED) is 0.108. The molecule has 34 heavy (non-hydrogen) atoms. The smallest absolute Gasteiger partial charge is 0.152 e. The molecule has 3 aromatic carbocycles. The highest BCUT2D eigenvalue weighted by atomic mass is 16.5. The third-order valence-electron chi connectivity index (χ3n) is 5.09. The molecular formula is C25H24N8O. The first-order valence-corrected chi connectivity index (χ1v) is 10.3. The summed E-state index contributed by atoms with van der Waals surface area (Å²) in [4.78, 5) is 4.78. The Hall–Kier alpha value is -4.89. The van der Waals surface area contributed by atoms with E-state index in [1.807, 2.05) is 66.7 Å². The normalized spacial score (nSPS) is 11.1. The lowest BCUT2D eigenvalue weighted by Crippen LogP contribution is -2.22. The van der Waals surface area contributed by atoms with Crippen LogP contribution in [0.5, 0.6) is 11.5 Å². The standard InChI is InChI=1S/C25H24N8O/c26-20-14-21(15-6-8-17(9-7-15)25(29)32-33-30)31-23(22(20)24(27)28)16-10-12-19(13-11-16)34-18-4-2-1-3-5-18/h1-14,33H,30H2,(H2,26,31)(H3,27,28)(H2,29,32). The number of pyridine rings is 1. The summed E-state index contributed by atoms with van der Waals surface area (Å²) in [5, 5.41) is 11.8. The van der Waals surface area contributed by atoms with Gasteiger partial charge >= 0.3 is 0 Å². The van der Waals surface area contributed by atoms with Crippen LogP contribution in [0.15, 0.2) is 90.0 Å². The summed E-state index contributed by atoms with van der Waals surface area (Å²) < 4.78 is 5.87. The predicted octanol–water partition coefficient (Wildman–Crippen LogP) is 3.16. The number of nitrogens with zero attached hydrogens (tertiary/aromatic N) is 2. The molecule has 0 aliphatic rings. The Morgan fingerprint density at radius 1 is 0.853 bits per heavy atom. The van der Waals surface area contributed by atoms with Crippen molar-refractivity contribution in [2.45, 2.75) is 0 Å². The maximum Gasteiger partial charge on any atom is 0.152 e. The van der Waals surface area contributed by atoms with Crippen LogP contribution < -0.4 is 33.3 Å². The highest BCUT2D eigenvalue weighted by molar-refractivity contribution is 6.06. The van der Waals surface area contributed by atoms with E-state index in [-0.39, 0.29) is 11.7 Å². The highest BCUT2D eigenvalue weighted by Crippen LogP contribution is 2.32. The molecule has 0 unspecified atom stereocenters. The minimum atomic E-state index is -0.162. The molecule has 0 saturated carbocycles. The summed E-state index contributed by atoms with van der Waals surface area (Å²) in [5.74, 6) is 6.69. The van der Waals surface area contributed by atoms with Gasteiger partial charge in [0.05, 0.1) is 17.0 Å². The lowest BCUT2D eigenvalue weighted by atomic mass is 10.00. The fraction of sp³-hybridized carbons (Fsp3) is 0. The summed E-state index contributed by atoms with van der Waals surface area (Å²) in [7, 11) is 0. The molecule has 4 rings (SSSR count). The van der Waals surface area contributed by atoms with Crippen LogP contribution in [0.1, 0.15) is 11.1 Å². The van der Waals surface area contributed by atoms with Gasteiger partial charge in [0, 0.05) is 22.4 Å². The van der Waals surface area contributed by atoms with Gasteiger partial charge < -0.3 is 21.9 Å². The van der Waals surface area contributed by atoms with E-state index in [1.54, 1.807) is 18.2 Å². The first-order valence-electron chi connectivity index (χ1n) is 10.3. The second-order valence-electron chi connectivity index (χ2n) is 7.38. The molecule has 1 heterocycles. The first kappa shape index (κ1) is 22.3. The molecule has 170 valence electrons. The average Bonchev–Trinajstić information content (AvgIpc) is 2.84. The van der Waals surface area contributed by atoms with Crippen molar-refractivity contribution in [2.75, 3.05) is 5.73 Å². The number of hydrazone groups is 1. The van der Waals surface area contributed by atoms with Gasteiger partial charge in [0.1, 0.15) is 17.3 Å². The number of hydrogen-bond donors (Lipinski definition) is 6. The molecule has 0 spiro atoms. The number of benzene rings is 3. The van der Waals surface area contributed by atoms with Crippen LogP contribution in [0, 0.1) is 5.41 Å². The predicted molar refractivity (Wildman–Crippen MR) is 135 cm³/mol. The van der Waals surface area contributed by atoms with Crippen LogP contribution in [0.3, 0.4) is 0 Å². The zero-order valence-electron chi connectivity index (χ0n) is 18.2.